The first-order chi connectivity index (χ1) is 8.19. The van der Waals surface area contributed by atoms with E-state index < -0.39 is 0 Å². The summed E-state index contributed by atoms with van der Waals surface area (Å²) >= 11 is 1.25. The lowest BCUT2D eigenvalue weighted by atomic mass is 10.1. The molecule has 0 aliphatic carbocycles. The number of hydrogen-bond donors (Lipinski definition) is 2. The molecule has 0 saturated carbocycles. The zero-order valence-electron chi connectivity index (χ0n) is 9.14. The van der Waals surface area contributed by atoms with Gasteiger partial charge in [-0.05, 0) is 29.2 Å². The van der Waals surface area contributed by atoms with Crippen molar-refractivity contribution in [1.82, 2.24) is 9.36 Å². The second-order valence-corrected chi connectivity index (χ2v) is 4.48. The predicted octanol–water partition coefficient (Wildman–Crippen LogP) is 1.23. The summed E-state index contributed by atoms with van der Waals surface area (Å²) in [5, 5.41) is 0.721. The number of aromatic nitrogens is 2. The van der Waals surface area contributed by atoms with Crippen LogP contribution >= 0.6 is 11.5 Å². The molecule has 1 heterocycles. The highest BCUT2D eigenvalue weighted by molar-refractivity contribution is 7.05. The third-order valence-corrected chi connectivity index (χ3v) is 3.19. The van der Waals surface area contributed by atoms with Gasteiger partial charge in [-0.3, -0.25) is 0 Å². The van der Waals surface area contributed by atoms with E-state index in [4.69, 9.17) is 11.5 Å². The highest BCUT2D eigenvalue weighted by atomic mass is 32.1. The molecule has 90 valence electrons. The maximum absolute atomic E-state index is 13.0. The van der Waals surface area contributed by atoms with E-state index in [2.05, 4.69) is 9.36 Å². The van der Waals surface area contributed by atoms with Gasteiger partial charge in [0.2, 0.25) is 0 Å². The van der Waals surface area contributed by atoms with Crippen LogP contribution in [0.25, 0.3) is 0 Å². The Balaban J connectivity index is 2.11. The minimum Gasteiger partial charge on any atom is -0.329 e. The molecule has 4 N–H and O–H groups in total. The standard InChI is InChI=1S/C11H13FN4S/c12-8-3-1-2-7(4-8)5-10-15-11(17-16-10)9(14)6-13/h1-4,9H,5-6,13-14H2. The molecule has 0 saturated heterocycles. The van der Waals surface area contributed by atoms with Crippen molar-refractivity contribution in [2.75, 3.05) is 6.54 Å². The summed E-state index contributed by atoms with van der Waals surface area (Å²) in [6.07, 6.45) is 0.506. The van der Waals surface area contributed by atoms with Crippen LogP contribution in [0, 0.1) is 5.82 Å². The molecule has 0 bridgehead atoms. The van der Waals surface area contributed by atoms with Crippen LogP contribution in [0.4, 0.5) is 4.39 Å². The molecule has 0 spiro atoms. The molecular formula is C11H13FN4S. The molecule has 1 aromatic heterocycles. The Labute approximate surface area is 103 Å². The van der Waals surface area contributed by atoms with Gasteiger partial charge < -0.3 is 11.5 Å². The van der Waals surface area contributed by atoms with E-state index in [1.165, 1.54) is 23.7 Å². The van der Waals surface area contributed by atoms with Gasteiger partial charge in [-0.15, -0.1) is 0 Å². The number of halogens is 1. The van der Waals surface area contributed by atoms with Crippen LogP contribution in [0.5, 0.6) is 0 Å². The average Bonchev–Trinajstić information content (AvgIpc) is 2.76. The molecule has 0 aliphatic rings. The zero-order valence-corrected chi connectivity index (χ0v) is 9.95. The highest BCUT2D eigenvalue weighted by Gasteiger charge is 2.11. The van der Waals surface area contributed by atoms with Crippen LogP contribution in [0.1, 0.15) is 22.4 Å². The summed E-state index contributed by atoms with van der Waals surface area (Å²) in [5.41, 5.74) is 12.0. The van der Waals surface area contributed by atoms with Crippen molar-refractivity contribution in [3.63, 3.8) is 0 Å². The van der Waals surface area contributed by atoms with Gasteiger partial charge in [0.25, 0.3) is 0 Å². The Morgan fingerprint density at radius 2 is 2.24 bits per heavy atom. The lowest BCUT2D eigenvalue weighted by Crippen LogP contribution is -2.20. The lowest BCUT2D eigenvalue weighted by Gasteiger charge is -2.01. The maximum Gasteiger partial charge on any atom is 0.147 e. The van der Waals surface area contributed by atoms with Gasteiger partial charge in [0.05, 0.1) is 6.04 Å². The van der Waals surface area contributed by atoms with Gasteiger partial charge in [0.15, 0.2) is 0 Å². The zero-order chi connectivity index (χ0) is 12.3. The fourth-order valence-corrected chi connectivity index (χ4v) is 2.10. The smallest absolute Gasteiger partial charge is 0.147 e. The molecule has 17 heavy (non-hydrogen) atoms. The van der Waals surface area contributed by atoms with Crippen molar-refractivity contribution >= 4 is 11.5 Å². The van der Waals surface area contributed by atoms with Crippen LogP contribution in [-0.4, -0.2) is 15.9 Å². The van der Waals surface area contributed by atoms with E-state index in [9.17, 15) is 4.39 Å². The monoisotopic (exact) mass is 252 g/mol. The minimum atomic E-state index is -0.270. The molecule has 0 aliphatic heterocycles. The minimum absolute atomic E-state index is 0.253. The third kappa shape index (κ3) is 3.06. The Kier molecular flexibility index (Phi) is 3.78. The second-order valence-electron chi connectivity index (χ2n) is 3.70. The molecule has 1 aromatic carbocycles. The fraction of sp³-hybridized carbons (Fsp3) is 0.273. The molecule has 0 radical (unpaired) electrons. The fourth-order valence-electron chi connectivity index (χ4n) is 1.42. The van der Waals surface area contributed by atoms with E-state index in [0.717, 1.165) is 10.6 Å². The van der Waals surface area contributed by atoms with Crippen LogP contribution < -0.4 is 11.5 Å². The molecule has 1 atom stereocenters. The van der Waals surface area contributed by atoms with Crippen LogP contribution in [-0.2, 0) is 6.42 Å². The van der Waals surface area contributed by atoms with Crippen molar-refractivity contribution in [2.45, 2.75) is 12.5 Å². The van der Waals surface area contributed by atoms with E-state index in [1.54, 1.807) is 6.07 Å². The van der Waals surface area contributed by atoms with E-state index >= 15 is 0 Å². The van der Waals surface area contributed by atoms with Crippen LogP contribution in [0.3, 0.4) is 0 Å². The van der Waals surface area contributed by atoms with Crippen molar-refractivity contribution in [3.8, 4) is 0 Å². The van der Waals surface area contributed by atoms with Gasteiger partial charge >= 0.3 is 0 Å². The SMILES string of the molecule is NCC(N)c1nc(Cc2cccc(F)c2)ns1. The van der Waals surface area contributed by atoms with Crippen LogP contribution in [0.15, 0.2) is 24.3 Å². The summed E-state index contributed by atoms with van der Waals surface area (Å²) < 4.78 is 17.2. The van der Waals surface area contributed by atoms with Crippen LogP contribution in [0.2, 0.25) is 0 Å². The molecule has 2 rings (SSSR count). The number of hydrogen-bond acceptors (Lipinski definition) is 5. The Morgan fingerprint density at radius 3 is 2.94 bits per heavy atom. The molecule has 0 fully saturated rings. The van der Waals surface area contributed by atoms with E-state index in [1.807, 2.05) is 6.07 Å². The molecule has 2 aromatic rings. The Hall–Kier alpha value is -1.37. The largest absolute Gasteiger partial charge is 0.329 e. The molecule has 1 unspecified atom stereocenters. The molecular weight excluding hydrogens is 239 g/mol. The van der Waals surface area contributed by atoms with Gasteiger partial charge in [0, 0.05) is 13.0 Å². The summed E-state index contributed by atoms with van der Waals surface area (Å²) in [7, 11) is 0. The number of benzene rings is 1. The summed E-state index contributed by atoms with van der Waals surface area (Å²) in [5.74, 6) is 0.399. The van der Waals surface area contributed by atoms with Crippen molar-refractivity contribution in [3.05, 3.63) is 46.5 Å². The van der Waals surface area contributed by atoms with Gasteiger partial charge in [-0.25, -0.2) is 9.37 Å². The van der Waals surface area contributed by atoms with E-state index in [-0.39, 0.29) is 11.9 Å². The van der Waals surface area contributed by atoms with Crippen molar-refractivity contribution in [2.24, 2.45) is 11.5 Å². The number of nitrogens with two attached hydrogens (primary N) is 2. The normalized spacial score (nSPS) is 12.6. The number of rotatable bonds is 4. The summed E-state index contributed by atoms with van der Waals surface area (Å²) in [6, 6.07) is 6.13. The third-order valence-electron chi connectivity index (χ3n) is 2.31. The van der Waals surface area contributed by atoms with Gasteiger partial charge in [-0.1, -0.05) is 12.1 Å². The first-order valence-corrected chi connectivity index (χ1v) is 5.99. The molecule has 0 amide bonds. The maximum atomic E-state index is 13.0. The van der Waals surface area contributed by atoms with Gasteiger partial charge in [0.1, 0.15) is 16.6 Å². The van der Waals surface area contributed by atoms with Crippen molar-refractivity contribution in [1.29, 1.82) is 0 Å². The highest BCUT2D eigenvalue weighted by Crippen LogP contribution is 2.15. The summed E-state index contributed by atoms with van der Waals surface area (Å²) in [6.45, 7) is 0.342. The molecule has 6 heteroatoms. The average molecular weight is 252 g/mol. The number of nitrogens with zero attached hydrogens (tertiary/aromatic N) is 2. The molecule has 4 nitrogen and oxygen atoms in total. The lowest BCUT2D eigenvalue weighted by molar-refractivity contribution is 0.626. The first kappa shape index (κ1) is 12.1. The Bertz CT molecular complexity index is 500. The topological polar surface area (TPSA) is 77.8 Å². The summed E-state index contributed by atoms with van der Waals surface area (Å²) in [4.78, 5) is 4.29. The van der Waals surface area contributed by atoms with Crippen molar-refractivity contribution < 1.29 is 4.39 Å². The van der Waals surface area contributed by atoms with Gasteiger partial charge in [-0.2, -0.15) is 4.37 Å². The predicted molar refractivity (Wildman–Crippen MR) is 65.1 cm³/mol. The Morgan fingerprint density at radius 1 is 1.41 bits per heavy atom. The quantitative estimate of drug-likeness (QED) is 0.857. The first-order valence-electron chi connectivity index (χ1n) is 5.21. The van der Waals surface area contributed by atoms with E-state index in [0.29, 0.717) is 18.8 Å². The second kappa shape index (κ2) is 5.31.